The molecule has 84 valence electrons. The zero-order valence-corrected chi connectivity index (χ0v) is 11.9. The number of hydrogen-bond donors (Lipinski definition) is 0. The molecule has 1 unspecified atom stereocenters. The Labute approximate surface area is 109 Å². The molecule has 1 aromatic heterocycles. The molecule has 0 saturated heterocycles. The van der Waals surface area contributed by atoms with Crippen molar-refractivity contribution in [2.45, 2.75) is 25.1 Å². The predicted molar refractivity (Wildman–Crippen MR) is 75.6 cm³/mol. The van der Waals surface area contributed by atoms with Crippen LogP contribution in [0.2, 0.25) is 0 Å². The summed E-state index contributed by atoms with van der Waals surface area (Å²) in [6.45, 7) is 4.32. The summed E-state index contributed by atoms with van der Waals surface area (Å²) >= 11 is 5.62. The number of benzene rings is 1. The summed E-state index contributed by atoms with van der Waals surface area (Å²) < 4.78 is 0. The maximum Gasteiger partial charge on any atom is 0.0532 e. The fraction of sp³-hybridized carbons (Fsp3) is 0.286. The Balaban J connectivity index is 2.14. The first-order valence-electron chi connectivity index (χ1n) is 5.40. The third-order valence-corrected chi connectivity index (χ3v) is 4.90. The third kappa shape index (κ3) is 2.74. The first-order chi connectivity index (χ1) is 7.66. The molecule has 0 saturated carbocycles. The molecule has 0 spiro atoms. The molecule has 0 bridgehead atoms. The van der Waals surface area contributed by atoms with Gasteiger partial charge in [0.25, 0.3) is 0 Å². The molecule has 2 rings (SSSR count). The lowest BCUT2D eigenvalue weighted by atomic mass is 10.1. The van der Waals surface area contributed by atoms with Gasteiger partial charge in [0.15, 0.2) is 0 Å². The maximum absolute atomic E-state index is 3.79. The summed E-state index contributed by atoms with van der Waals surface area (Å²) in [5.74, 6) is 0. The number of halogens is 1. The number of rotatable bonds is 3. The van der Waals surface area contributed by atoms with Gasteiger partial charge in [0.1, 0.15) is 0 Å². The van der Waals surface area contributed by atoms with Gasteiger partial charge in [0.05, 0.1) is 4.83 Å². The van der Waals surface area contributed by atoms with Crippen molar-refractivity contribution in [3.8, 4) is 0 Å². The van der Waals surface area contributed by atoms with Crippen molar-refractivity contribution in [3.63, 3.8) is 0 Å². The van der Waals surface area contributed by atoms with Crippen LogP contribution in [0.4, 0.5) is 0 Å². The molecule has 1 heterocycles. The average Bonchev–Trinajstić information content (AvgIpc) is 2.64. The summed E-state index contributed by atoms with van der Waals surface area (Å²) in [4.78, 5) is 1.89. The molecular weight excluding hydrogens is 280 g/mol. The van der Waals surface area contributed by atoms with Crippen LogP contribution >= 0.6 is 27.3 Å². The van der Waals surface area contributed by atoms with Crippen molar-refractivity contribution in [1.29, 1.82) is 0 Å². The zero-order valence-electron chi connectivity index (χ0n) is 9.53. The highest BCUT2D eigenvalue weighted by atomic mass is 79.9. The molecule has 0 fully saturated rings. The maximum atomic E-state index is 3.79. The highest BCUT2D eigenvalue weighted by molar-refractivity contribution is 9.09. The Morgan fingerprint density at radius 1 is 1.25 bits per heavy atom. The highest BCUT2D eigenvalue weighted by Gasteiger charge is 2.12. The van der Waals surface area contributed by atoms with Crippen LogP contribution in [0.3, 0.4) is 0 Å². The van der Waals surface area contributed by atoms with E-state index in [-0.39, 0.29) is 0 Å². The lowest BCUT2D eigenvalue weighted by molar-refractivity contribution is 0.959. The molecule has 2 aromatic rings. The third-order valence-electron chi connectivity index (χ3n) is 2.68. The predicted octanol–water partition coefficient (Wildman–Crippen LogP) is 5.04. The Bertz CT molecular complexity index is 473. The van der Waals surface area contributed by atoms with E-state index < -0.39 is 0 Å². The Kier molecular flexibility index (Phi) is 3.82. The molecule has 2 heteroatoms. The molecule has 0 nitrogen and oxygen atoms in total. The zero-order chi connectivity index (χ0) is 11.5. The average molecular weight is 295 g/mol. The van der Waals surface area contributed by atoms with Crippen LogP contribution in [0.15, 0.2) is 35.7 Å². The van der Waals surface area contributed by atoms with Crippen molar-refractivity contribution in [3.05, 3.63) is 57.3 Å². The van der Waals surface area contributed by atoms with Crippen molar-refractivity contribution in [2.75, 3.05) is 0 Å². The number of aryl methyl sites for hydroxylation is 2. The van der Waals surface area contributed by atoms with Crippen molar-refractivity contribution >= 4 is 27.3 Å². The first-order valence-corrected chi connectivity index (χ1v) is 7.20. The van der Waals surface area contributed by atoms with Gasteiger partial charge in [0.2, 0.25) is 0 Å². The lowest BCUT2D eigenvalue weighted by Gasteiger charge is -2.09. The Hall–Kier alpha value is -0.600. The van der Waals surface area contributed by atoms with Crippen molar-refractivity contribution in [1.82, 2.24) is 0 Å². The van der Waals surface area contributed by atoms with Gasteiger partial charge in [-0.25, -0.2) is 0 Å². The monoisotopic (exact) mass is 294 g/mol. The molecule has 0 amide bonds. The fourth-order valence-corrected chi connectivity index (χ4v) is 3.81. The molecule has 16 heavy (non-hydrogen) atoms. The van der Waals surface area contributed by atoms with E-state index in [1.807, 2.05) is 11.3 Å². The van der Waals surface area contributed by atoms with Gasteiger partial charge in [-0.2, -0.15) is 0 Å². The fourth-order valence-electron chi connectivity index (χ4n) is 1.84. The van der Waals surface area contributed by atoms with Crippen LogP contribution in [0.5, 0.6) is 0 Å². The van der Waals surface area contributed by atoms with E-state index in [2.05, 4.69) is 65.5 Å². The molecule has 0 radical (unpaired) electrons. The summed E-state index contributed by atoms with van der Waals surface area (Å²) in [5.41, 5.74) is 4.12. The number of hydrogen-bond acceptors (Lipinski definition) is 1. The van der Waals surface area contributed by atoms with E-state index in [9.17, 15) is 0 Å². The van der Waals surface area contributed by atoms with Gasteiger partial charge in [-0.1, -0.05) is 45.8 Å². The van der Waals surface area contributed by atoms with Crippen LogP contribution in [0.25, 0.3) is 0 Å². The van der Waals surface area contributed by atoms with Crippen molar-refractivity contribution < 1.29 is 0 Å². The van der Waals surface area contributed by atoms with Crippen LogP contribution in [-0.2, 0) is 6.42 Å². The summed E-state index contributed by atoms with van der Waals surface area (Å²) in [6.07, 6.45) is 1.06. The number of alkyl halides is 1. The summed E-state index contributed by atoms with van der Waals surface area (Å²) in [5, 5.41) is 2.16. The first kappa shape index (κ1) is 11.9. The summed E-state index contributed by atoms with van der Waals surface area (Å²) in [7, 11) is 0. The molecule has 0 aliphatic carbocycles. The number of thiophene rings is 1. The minimum absolute atomic E-state index is 0.439. The van der Waals surface area contributed by atoms with Crippen molar-refractivity contribution in [2.24, 2.45) is 0 Å². The van der Waals surface area contributed by atoms with Gasteiger partial charge in [-0.05, 0) is 42.8 Å². The van der Waals surface area contributed by atoms with Crippen LogP contribution in [0, 0.1) is 13.8 Å². The second-order valence-corrected chi connectivity index (χ2v) is 6.18. The molecule has 0 N–H and O–H groups in total. The quantitative estimate of drug-likeness (QED) is 0.696. The molecule has 1 atom stereocenters. The smallest absolute Gasteiger partial charge is 0.0532 e. The van der Waals surface area contributed by atoms with E-state index in [1.54, 1.807) is 0 Å². The van der Waals surface area contributed by atoms with E-state index in [1.165, 1.54) is 21.6 Å². The Morgan fingerprint density at radius 3 is 2.69 bits per heavy atom. The van der Waals surface area contributed by atoms with Gasteiger partial charge in [-0.3, -0.25) is 0 Å². The Morgan fingerprint density at radius 2 is 2.06 bits per heavy atom. The van der Waals surface area contributed by atoms with Gasteiger partial charge >= 0.3 is 0 Å². The van der Waals surface area contributed by atoms with Gasteiger partial charge in [0, 0.05) is 4.88 Å². The molecule has 0 aliphatic heterocycles. The van der Waals surface area contributed by atoms with Gasteiger partial charge in [-0.15, -0.1) is 11.3 Å². The highest BCUT2D eigenvalue weighted by Crippen LogP contribution is 2.33. The van der Waals surface area contributed by atoms with Crippen LogP contribution < -0.4 is 0 Å². The van der Waals surface area contributed by atoms with Gasteiger partial charge < -0.3 is 0 Å². The largest absolute Gasteiger partial charge is 0.147 e. The summed E-state index contributed by atoms with van der Waals surface area (Å²) in [6, 6.07) is 10.9. The molecule has 1 aromatic carbocycles. The normalized spacial score (nSPS) is 12.7. The minimum Gasteiger partial charge on any atom is -0.147 e. The van der Waals surface area contributed by atoms with E-state index in [0.29, 0.717) is 4.83 Å². The SMILES string of the molecule is Cc1cccc(CC(Br)c2sccc2C)c1. The van der Waals surface area contributed by atoms with E-state index in [4.69, 9.17) is 0 Å². The molecular formula is C14H15BrS. The lowest BCUT2D eigenvalue weighted by Crippen LogP contribution is -1.94. The second-order valence-electron chi connectivity index (χ2n) is 4.13. The second kappa shape index (κ2) is 5.15. The van der Waals surface area contributed by atoms with E-state index >= 15 is 0 Å². The van der Waals surface area contributed by atoms with Crippen LogP contribution in [-0.4, -0.2) is 0 Å². The molecule has 0 aliphatic rings. The van der Waals surface area contributed by atoms with E-state index in [0.717, 1.165) is 6.42 Å². The topological polar surface area (TPSA) is 0 Å². The standard InChI is InChI=1S/C14H15BrS/c1-10-4-3-5-12(8-10)9-13(15)14-11(2)6-7-16-14/h3-8,13H,9H2,1-2H3. The van der Waals surface area contributed by atoms with Crippen LogP contribution in [0.1, 0.15) is 26.4 Å². The minimum atomic E-state index is 0.439.